The van der Waals surface area contributed by atoms with Gasteiger partial charge in [0.15, 0.2) is 0 Å². The van der Waals surface area contributed by atoms with Crippen molar-refractivity contribution in [3.63, 3.8) is 0 Å². The molecule has 0 aliphatic carbocycles. The van der Waals surface area contributed by atoms with Crippen molar-refractivity contribution >= 4 is 30.4 Å². The molecule has 1 atom stereocenters. The van der Waals surface area contributed by atoms with E-state index in [0.717, 1.165) is 19.1 Å². The fourth-order valence-electron chi connectivity index (χ4n) is 4.10. The maximum Gasteiger partial charge on any atom is 0.410 e. The largest absolute Gasteiger partial charge is 0.466 e. The van der Waals surface area contributed by atoms with Crippen LogP contribution in [0.4, 0.5) is 9.59 Å². The lowest BCUT2D eigenvalue weighted by Gasteiger charge is -2.35. The van der Waals surface area contributed by atoms with Crippen molar-refractivity contribution in [2.24, 2.45) is 11.8 Å². The fourth-order valence-corrected chi connectivity index (χ4v) is 4.10. The van der Waals surface area contributed by atoms with Gasteiger partial charge in [-0.1, -0.05) is 0 Å². The molecule has 42 heavy (non-hydrogen) atoms. The van der Waals surface area contributed by atoms with Crippen molar-refractivity contribution in [3.05, 3.63) is 0 Å². The van der Waals surface area contributed by atoms with Crippen LogP contribution in [0.2, 0.25) is 0 Å². The molecule has 0 radical (unpaired) electrons. The molecular weight excluding hydrogens is 548 g/mol. The third kappa shape index (κ3) is 18.5. The first-order chi connectivity index (χ1) is 19.4. The Bertz CT molecular complexity index is 834. The highest BCUT2D eigenvalue weighted by Crippen LogP contribution is 2.24. The molecule has 2 aliphatic rings. The van der Waals surface area contributed by atoms with E-state index in [4.69, 9.17) is 14.2 Å². The van der Waals surface area contributed by atoms with Crippen LogP contribution in [-0.2, 0) is 33.3 Å². The second kappa shape index (κ2) is 19.3. The topological polar surface area (TPSA) is 149 Å². The highest BCUT2D eigenvalue weighted by Gasteiger charge is 2.31. The molecule has 2 heterocycles. The predicted octanol–water partition coefficient (Wildman–Crippen LogP) is 4.35. The van der Waals surface area contributed by atoms with E-state index in [1.165, 1.54) is 6.92 Å². The third-order valence-corrected chi connectivity index (χ3v) is 6.15. The molecule has 0 aromatic heterocycles. The summed E-state index contributed by atoms with van der Waals surface area (Å²) >= 11 is 0. The van der Waals surface area contributed by atoms with Gasteiger partial charge >= 0.3 is 24.1 Å². The zero-order valence-electron chi connectivity index (χ0n) is 27.1. The van der Waals surface area contributed by atoms with E-state index in [9.17, 15) is 29.1 Å². The van der Waals surface area contributed by atoms with E-state index in [1.54, 1.807) is 23.6 Å². The Morgan fingerprint density at radius 3 is 1.50 bits per heavy atom. The van der Waals surface area contributed by atoms with Crippen LogP contribution in [0.3, 0.4) is 0 Å². The Kier molecular flexibility index (Phi) is 18.0. The van der Waals surface area contributed by atoms with Gasteiger partial charge in [-0.05, 0) is 87.0 Å². The Balaban J connectivity index is 0.000000695. The van der Waals surface area contributed by atoms with Gasteiger partial charge in [0.25, 0.3) is 0 Å². The molecule has 0 aromatic rings. The average molecular weight is 603 g/mol. The van der Waals surface area contributed by atoms with Crippen LogP contribution in [-0.4, -0.2) is 102 Å². The van der Waals surface area contributed by atoms with Crippen molar-refractivity contribution < 1.29 is 48.0 Å². The van der Waals surface area contributed by atoms with Crippen LogP contribution in [0.15, 0.2) is 0 Å². The summed E-state index contributed by atoms with van der Waals surface area (Å²) in [5.74, 6) is -0.450. The van der Waals surface area contributed by atoms with Gasteiger partial charge in [0, 0.05) is 39.0 Å². The summed E-state index contributed by atoms with van der Waals surface area (Å²) in [5.41, 5.74) is -0.948. The van der Waals surface area contributed by atoms with Crippen LogP contribution in [0.25, 0.3) is 0 Å². The second-order valence-electron chi connectivity index (χ2n) is 12.2. The molecule has 1 unspecified atom stereocenters. The van der Waals surface area contributed by atoms with E-state index >= 15 is 0 Å². The third-order valence-electron chi connectivity index (χ3n) is 6.15. The van der Waals surface area contributed by atoms with Crippen LogP contribution >= 0.6 is 0 Å². The lowest BCUT2D eigenvalue weighted by molar-refractivity contribution is -0.146. The molecule has 0 saturated carbocycles. The van der Waals surface area contributed by atoms with Gasteiger partial charge in [-0.2, -0.15) is 0 Å². The number of piperidine rings is 2. The Hall–Kier alpha value is -2.89. The molecule has 0 bridgehead atoms. The number of aldehydes is 1. The summed E-state index contributed by atoms with van der Waals surface area (Å²) in [5, 5.41) is 10.0. The Morgan fingerprint density at radius 1 is 0.786 bits per heavy atom. The predicted molar refractivity (Wildman–Crippen MR) is 157 cm³/mol. The van der Waals surface area contributed by atoms with Gasteiger partial charge in [0.2, 0.25) is 0 Å². The minimum Gasteiger partial charge on any atom is -0.466 e. The molecular formula is C30H54N2O10. The number of aliphatic hydroxyl groups is 1. The number of nitrogens with zero attached hydrogens (tertiary/aromatic N) is 2. The first-order valence-corrected chi connectivity index (χ1v) is 14.8. The number of ether oxygens (including phenoxy) is 4. The molecule has 12 nitrogen and oxygen atoms in total. The van der Waals surface area contributed by atoms with Crippen molar-refractivity contribution in [3.8, 4) is 0 Å². The van der Waals surface area contributed by atoms with Crippen LogP contribution in [0.1, 0.15) is 94.4 Å². The maximum atomic E-state index is 11.9. The van der Waals surface area contributed by atoms with Crippen LogP contribution < -0.4 is 0 Å². The summed E-state index contributed by atoms with van der Waals surface area (Å²) in [4.78, 5) is 58.6. The number of esters is 2. The number of likely N-dealkylation sites (tertiary alicyclic amines) is 2. The molecule has 2 aliphatic heterocycles. The van der Waals surface area contributed by atoms with Gasteiger partial charge in [-0.25, -0.2) is 9.59 Å². The lowest BCUT2D eigenvalue weighted by atomic mass is 9.90. The van der Waals surface area contributed by atoms with Crippen molar-refractivity contribution in [2.75, 3.05) is 39.4 Å². The van der Waals surface area contributed by atoms with Gasteiger partial charge in [0.1, 0.15) is 17.5 Å². The van der Waals surface area contributed by atoms with Crippen molar-refractivity contribution in [1.29, 1.82) is 0 Å². The minimum atomic E-state index is -0.704. The number of carbonyl (C=O) groups is 5. The molecule has 244 valence electrons. The number of amides is 2. The zero-order chi connectivity index (χ0) is 32.5. The molecule has 2 rings (SSSR count). The zero-order valence-corrected chi connectivity index (χ0v) is 27.1. The molecule has 2 fully saturated rings. The second-order valence-corrected chi connectivity index (χ2v) is 12.2. The fraction of sp³-hybridized carbons (Fsp3) is 0.833. The van der Waals surface area contributed by atoms with Gasteiger partial charge in [-0.15, -0.1) is 0 Å². The number of hydrogen-bond donors (Lipinski definition) is 1. The monoisotopic (exact) mass is 602 g/mol. The molecule has 1 N–H and O–H groups in total. The Morgan fingerprint density at radius 2 is 1.19 bits per heavy atom. The summed E-state index contributed by atoms with van der Waals surface area (Å²) in [6, 6.07) is 0. The normalized spacial score (nSPS) is 16.9. The molecule has 2 saturated heterocycles. The number of hydrogen-bond acceptors (Lipinski definition) is 10. The lowest BCUT2D eigenvalue weighted by Crippen LogP contribution is -2.44. The number of carbonyl (C=O) groups excluding carboxylic acids is 5. The number of aliphatic hydroxyl groups excluding tert-OH is 1. The van der Waals surface area contributed by atoms with E-state index in [0.29, 0.717) is 52.2 Å². The molecule has 2 amide bonds. The van der Waals surface area contributed by atoms with Gasteiger partial charge in [0.05, 0.1) is 25.7 Å². The molecule has 12 heteroatoms. The minimum absolute atomic E-state index is 0.0188. The maximum absolute atomic E-state index is 11.9. The smallest absolute Gasteiger partial charge is 0.410 e. The van der Waals surface area contributed by atoms with Gasteiger partial charge < -0.3 is 38.6 Å². The summed E-state index contributed by atoms with van der Waals surface area (Å²) in [6.07, 6.45) is 2.54. The molecule has 0 aromatic carbocycles. The van der Waals surface area contributed by atoms with Gasteiger partial charge in [-0.3, -0.25) is 9.59 Å². The van der Waals surface area contributed by atoms with E-state index in [-0.39, 0.29) is 42.4 Å². The standard InChI is InChI=1S/C15H27NO5.C11H19NO3.C4H8O2/c1-5-20-13(18)10-12(17)11-6-8-16(9-7-11)14(19)21-15(2,3)4;1-11(2,3)15-10(14)12-6-4-9(8-13)5-7-12;1-3-6-4(2)5/h11-12,17H,5-10H2,1-4H3;8-9H,4-7H2,1-3H3;3H2,1-2H3. The highest BCUT2D eigenvalue weighted by atomic mass is 16.6. The average Bonchev–Trinajstić information content (AvgIpc) is 2.87. The van der Waals surface area contributed by atoms with E-state index < -0.39 is 17.3 Å². The highest BCUT2D eigenvalue weighted by molar-refractivity contribution is 5.70. The summed E-state index contributed by atoms with van der Waals surface area (Å²) in [7, 11) is 0. The van der Waals surface area contributed by atoms with Crippen LogP contribution in [0.5, 0.6) is 0 Å². The Labute approximate surface area is 251 Å². The summed E-state index contributed by atoms with van der Waals surface area (Å²) < 4.78 is 19.8. The van der Waals surface area contributed by atoms with Crippen molar-refractivity contribution in [2.45, 2.75) is 112 Å². The first kappa shape index (κ1) is 39.1. The van der Waals surface area contributed by atoms with Crippen molar-refractivity contribution in [1.82, 2.24) is 9.80 Å². The number of rotatable bonds is 6. The van der Waals surface area contributed by atoms with E-state index in [2.05, 4.69) is 4.74 Å². The van der Waals surface area contributed by atoms with E-state index in [1.807, 2.05) is 41.5 Å². The first-order valence-electron chi connectivity index (χ1n) is 14.8. The summed E-state index contributed by atoms with van der Waals surface area (Å²) in [6.45, 7) is 19.1. The SMILES string of the molecule is CC(C)(C)OC(=O)N1CCC(C=O)CC1.CCOC(=O)CC(O)C1CCN(C(=O)OC(C)(C)C)CC1.CCOC(C)=O. The molecule has 0 spiro atoms. The quantitative estimate of drug-likeness (QED) is 0.264. The van der Waals surface area contributed by atoms with Crippen LogP contribution in [0, 0.1) is 11.8 Å².